The van der Waals surface area contributed by atoms with Crippen LogP contribution in [-0.4, -0.2) is 48.5 Å². The SMILES string of the molecule is CCCNC1COCC1C(=O)NC(C)(C)C(C)O. The van der Waals surface area contributed by atoms with Crippen molar-refractivity contribution < 1.29 is 14.6 Å². The minimum absolute atomic E-state index is 0.0491. The van der Waals surface area contributed by atoms with Gasteiger partial charge in [-0.15, -0.1) is 0 Å². The van der Waals surface area contributed by atoms with E-state index in [0.717, 1.165) is 13.0 Å². The minimum Gasteiger partial charge on any atom is -0.391 e. The summed E-state index contributed by atoms with van der Waals surface area (Å²) in [5, 5.41) is 15.8. The van der Waals surface area contributed by atoms with Gasteiger partial charge in [0.25, 0.3) is 0 Å². The summed E-state index contributed by atoms with van der Waals surface area (Å²) in [6.07, 6.45) is 0.440. The molecule has 1 heterocycles. The molecule has 18 heavy (non-hydrogen) atoms. The second kappa shape index (κ2) is 6.50. The lowest BCUT2D eigenvalue weighted by molar-refractivity contribution is -0.128. The molecule has 5 heteroatoms. The number of carbonyl (C=O) groups is 1. The van der Waals surface area contributed by atoms with Crippen molar-refractivity contribution in [2.75, 3.05) is 19.8 Å². The lowest BCUT2D eigenvalue weighted by Gasteiger charge is -2.31. The number of hydrogen-bond acceptors (Lipinski definition) is 4. The van der Waals surface area contributed by atoms with E-state index in [1.54, 1.807) is 6.92 Å². The molecule has 1 fully saturated rings. The first-order valence-corrected chi connectivity index (χ1v) is 6.69. The highest BCUT2D eigenvalue weighted by molar-refractivity contribution is 5.80. The summed E-state index contributed by atoms with van der Waals surface area (Å²) in [5.41, 5.74) is -0.616. The van der Waals surface area contributed by atoms with Crippen molar-refractivity contribution in [2.24, 2.45) is 5.92 Å². The molecule has 3 N–H and O–H groups in total. The van der Waals surface area contributed by atoms with E-state index < -0.39 is 11.6 Å². The van der Waals surface area contributed by atoms with Crippen LogP contribution in [-0.2, 0) is 9.53 Å². The standard InChI is InChI=1S/C13H26N2O3/c1-5-6-14-11-8-18-7-10(11)12(17)15-13(3,4)9(2)16/h9-11,14,16H,5-8H2,1-4H3,(H,15,17). The molecule has 106 valence electrons. The zero-order chi connectivity index (χ0) is 13.8. The Morgan fingerprint density at radius 1 is 1.50 bits per heavy atom. The van der Waals surface area contributed by atoms with Gasteiger partial charge in [0.15, 0.2) is 0 Å². The van der Waals surface area contributed by atoms with Crippen molar-refractivity contribution in [1.29, 1.82) is 0 Å². The van der Waals surface area contributed by atoms with Crippen LogP contribution in [0.3, 0.4) is 0 Å². The summed E-state index contributed by atoms with van der Waals surface area (Å²) in [7, 11) is 0. The van der Waals surface area contributed by atoms with Gasteiger partial charge in [0.2, 0.25) is 5.91 Å². The third-order valence-corrected chi connectivity index (χ3v) is 3.56. The fourth-order valence-corrected chi connectivity index (χ4v) is 1.86. The molecule has 1 rings (SSSR count). The number of carbonyl (C=O) groups excluding carboxylic acids is 1. The number of nitrogens with one attached hydrogen (secondary N) is 2. The maximum atomic E-state index is 12.2. The van der Waals surface area contributed by atoms with Crippen molar-refractivity contribution in [3.8, 4) is 0 Å². The fraction of sp³-hybridized carbons (Fsp3) is 0.923. The molecule has 0 saturated carbocycles. The van der Waals surface area contributed by atoms with E-state index in [1.165, 1.54) is 0 Å². The van der Waals surface area contributed by atoms with Crippen LogP contribution < -0.4 is 10.6 Å². The zero-order valence-electron chi connectivity index (χ0n) is 11.8. The summed E-state index contributed by atoms with van der Waals surface area (Å²) < 4.78 is 5.38. The molecular formula is C13H26N2O3. The molecule has 0 aromatic rings. The molecule has 0 aliphatic carbocycles. The first-order valence-electron chi connectivity index (χ1n) is 6.69. The average Bonchev–Trinajstić information content (AvgIpc) is 2.73. The zero-order valence-corrected chi connectivity index (χ0v) is 11.8. The highest BCUT2D eigenvalue weighted by Crippen LogP contribution is 2.17. The Morgan fingerprint density at radius 3 is 2.72 bits per heavy atom. The highest BCUT2D eigenvalue weighted by atomic mass is 16.5. The van der Waals surface area contributed by atoms with Gasteiger partial charge in [0, 0.05) is 6.04 Å². The van der Waals surface area contributed by atoms with E-state index in [1.807, 2.05) is 13.8 Å². The quantitative estimate of drug-likeness (QED) is 0.640. The Morgan fingerprint density at radius 2 is 2.17 bits per heavy atom. The lowest BCUT2D eigenvalue weighted by atomic mass is 9.95. The molecule has 0 aromatic carbocycles. The van der Waals surface area contributed by atoms with Crippen LogP contribution in [0.25, 0.3) is 0 Å². The van der Waals surface area contributed by atoms with Gasteiger partial charge in [0.05, 0.1) is 30.8 Å². The highest BCUT2D eigenvalue weighted by Gasteiger charge is 2.36. The van der Waals surface area contributed by atoms with Crippen LogP contribution in [0.15, 0.2) is 0 Å². The Hall–Kier alpha value is -0.650. The van der Waals surface area contributed by atoms with Crippen LogP contribution in [0, 0.1) is 5.92 Å². The topological polar surface area (TPSA) is 70.6 Å². The number of hydrogen-bond donors (Lipinski definition) is 3. The Balaban J connectivity index is 2.55. The molecule has 1 aliphatic heterocycles. The van der Waals surface area contributed by atoms with E-state index in [4.69, 9.17) is 4.74 Å². The monoisotopic (exact) mass is 258 g/mol. The number of amides is 1. The number of ether oxygens (including phenoxy) is 1. The van der Waals surface area contributed by atoms with Gasteiger partial charge in [-0.2, -0.15) is 0 Å². The van der Waals surface area contributed by atoms with Crippen molar-refractivity contribution in [1.82, 2.24) is 10.6 Å². The molecule has 0 bridgehead atoms. The molecule has 1 amide bonds. The largest absolute Gasteiger partial charge is 0.391 e. The summed E-state index contributed by atoms with van der Waals surface area (Å²) in [5.74, 6) is -0.221. The maximum Gasteiger partial charge on any atom is 0.227 e. The molecule has 1 saturated heterocycles. The Bertz CT molecular complexity index is 279. The normalized spacial score (nSPS) is 26.1. The van der Waals surface area contributed by atoms with Crippen molar-refractivity contribution >= 4 is 5.91 Å². The predicted molar refractivity (Wildman–Crippen MR) is 70.3 cm³/mol. The summed E-state index contributed by atoms with van der Waals surface area (Å²) >= 11 is 0. The van der Waals surface area contributed by atoms with Gasteiger partial charge in [-0.05, 0) is 33.7 Å². The van der Waals surface area contributed by atoms with Crippen LogP contribution in [0.5, 0.6) is 0 Å². The summed E-state index contributed by atoms with van der Waals surface area (Å²) in [4.78, 5) is 12.2. The predicted octanol–water partition coefficient (Wildman–Crippen LogP) is 0.277. The van der Waals surface area contributed by atoms with Crippen LogP contribution in [0.1, 0.15) is 34.1 Å². The third-order valence-electron chi connectivity index (χ3n) is 3.56. The Kier molecular flexibility index (Phi) is 5.56. The first-order chi connectivity index (χ1) is 8.38. The van der Waals surface area contributed by atoms with Crippen molar-refractivity contribution in [3.05, 3.63) is 0 Å². The fourth-order valence-electron chi connectivity index (χ4n) is 1.86. The second-order valence-electron chi connectivity index (χ2n) is 5.59. The van der Waals surface area contributed by atoms with Gasteiger partial charge in [-0.1, -0.05) is 6.92 Å². The molecule has 5 nitrogen and oxygen atoms in total. The van der Waals surface area contributed by atoms with Crippen molar-refractivity contribution in [3.63, 3.8) is 0 Å². The van der Waals surface area contributed by atoms with Crippen LogP contribution in [0.2, 0.25) is 0 Å². The smallest absolute Gasteiger partial charge is 0.227 e. The summed E-state index contributed by atoms with van der Waals surface area (Å²) in [6.45, 7) is 9.32. The third kappa shape index (κ3) is 3.93. The van der Waals surface area contributed by atoms with E-state index in [-0.39, 0.29) is 17.9 Å². The van der Waals surface area contributed by atoms with E-state index in [9.17, 15) is 9.90 Å². The van der Waals surface area contributed by atoms with Gasteiger partial charge in [-0.25, -0.2) is 0 Å². The molecular weight excluding hydrogens is 232 g/mol. The maximum absolute atomic E-state index is 12.2. The minimum atomic E-state index is -0.616. The number of rotatable bonds is 6. The molecule has 0 radical (unpaired) electrons. The van der Waals surface area contributed by atoms with E-state index >= 15 is 0 Å². The molecule has 0 spiro atoms. The average molecular weight is 258 g/mol. The molecule has 1 aliphatic rings. The lowest BCUT2D eigenvalue weighted by Crippen LogP contribution is -2.55. The van der Waals surface area contributed by atoms with Gasteiger partial charge < -0.3 is 20.5 Å². The van der Waals surface area contributed by atoms with Gasteiger partial charge in [-0.3, -0.25) is 4.79 Å². The van der Waals surface area contributed by atoms with Crippen LogP contribution in [0.4, 0.5) is 0 Å². The molecule has 3 atom stereocenters. The molecule has 3 unspecified atom stereocenters. The Labute approximate surface area is 109 Å². The first kappa shape index (κ1) is 15.4. The molecule has 0 aromatic heterocycles. The van der Waals surface area contributed by atoms with E-state index in [0.29, 0.717) is 13.2 Å². The number of aliphatic hydroxyl groups is 1. The summed E-state index contributed by atoms with van der Waals surface area (Å²) in [6, 6.07) is 0.0785. The van der Waals surface area contributed by atoms with Crippen molar-refractivity contribution in [2.45, 2.75) is 51.8 Å². The number of aliphatic hydroxyl groups excluding tert-OH is 1. The van der Waals surface area contributed by atoms with E-state index in [2.05, 4.69) is 17.6 Å². The van der Waals surface area contributed by atoms with Gasteiger partial charge >= 0.3 is 0 Å². The van der Waals surface area contributed by atoms with Gasteiger partial charge in [0.1, 0.15) is 0 Å². The van der Waals surface area contributed by atoms with Crippen LogP contribution >= 0.6 is 0 Å². The second-order valence-corrected chi connectivity index (χ2v) is 5.59.